The lowest BCUT2D eigenvalue weighted by molar-refractivity contribution is 0.458. The van der Waals surface area contributed by atoms with Crippen molar-refractivity contribution in [3.05, 3.63) is 35.9 Å². The van der Waals surface area contributed by atoms with E-state index in [0.717, 1.165) is 19.3 Å². The highest BCUT2D eigenvalue weighted by molar-refractivity contribution is 7.86. The van der Waals surface area contributed by atoms with Crippen LogP contribution < -0.4 is 0 Å². The van der Waals surface area contributed by atoms with Gasteiger partial charge in [0.15, 0.2) is 0 Å². The highest BCUT2D eigenvalue weighted by Gasteiger charge is 2.24. The first-order chi connectivity index (χ1) is 11.1. The van der Waals surface area contributed by atoms with Crippen molar-refractivity contribution in [1.29, 1.82) is 0 Å². The second-order valence-electron chi connectivity index (χ2n) is 6.38. The summed E-state index contributed by atoms with van der Waals surface area (Å²) in [5.41, 5.74) is 0.686. The van der Waals surface area contributed by atoms with E-state index in [-0.39, 0.29) is 0 Å². The summed E-state index contributed by atoms with van der Waals surface area (Å²) in [4.78, 5) is 0. The van der Waals surface area contributed by atoms with Crippen molar-refractivity contribution >= 4 is 10.1 Å². The fourth-order valence-electron chi connectivity index (χ4n) is 2.97. The van der Waals surface area contributed by atoms with Gasteiger partial charge in [-0.25, -0.2) is 0 Å². The van der Waals surface area contributed by atoms with Crippen LogP contribution in [0.3, 0.4) is 0 Å². The van der Waals surface area contributed by atoms with Gasteiger partial charge in [0.25, 0.3) is 10.1 Å². The molecule has 0 aliphatic heterocycles. The fourth-order valence-corrected chi connectivity index (χ4v) is 3.94. The van der Waals surface area contributed by atoms with Crippen molar-refractivity contribution in [2.45, 2.75) is 82.8 Å². The number of unbranched alkanes of at least 4 members (excludes halogenated alkanes) is 9. The lowest BCUT2D eigenvalue weighted by Gasteiger charge is -2.14. The Balaban J connectivity index is 2.20. The molecule has 0 heterocycles. The Morgan fingerprint density at radius 2 is 1.30 bits per heavy atom. The summed E-state index contributed by atoms with van der Waals surface area (Å²) in [6, 6.07) is 9.02. The topological polar surface area (TPSA) is 54.4 Å². The summed E-state index contributed by atoms with van der Waals surface area (Å²) < 4.78 is 32.6. The molecule has 0 saturated carbocycles. The molecule has 1 N–H and O–H groups in total. The van der Waals surface area contributed by atoms with Crippen molar-refractivity contribution in [2.75, 3.05) is 0 Å². The molecule has 0 aliphatic carbocycles. The maximum atomic E-state index is 11.6. The molecule has 0 amide bonds. The SMILES string of the molecule is CCCCCCCCCCCCC(c1ccccc1)S(=O)(=O)O. The largest absolute Gasteiger partial charge is 0.285 e. The summed E-state index contributed by atoms with van der Waals surface area (Å²) in [5, 5.41) is -0.780. The van der Waals surface area contributed by atoms with Crippen LogP contribution in [0.4, 0.5) is 0 Å². The summed E-state index contributed by atoms with van der Waals surface area (Å²) in [7, 11) is -4.03. The van der Waals surface area contributed by atoms with Crippen LogP contribution in [0.1, 0.15) is 88.4 Å². The molecule has 1 atom stereocenters. The summed E-state index contributed by atoms with van der Waals surface area (Å²) in [6.45, 7) is 2.23. The second kappa shape index (κ2) is 11.6. The molecular weight excluding hydrogens is 308 g/mol. The number of hydrogen-bond acceptors (Lipinski definition) is 2. The third-order valence-electron chi connectivity index (χ3n) is 4.35. The first-order valence-electron chi connectivity index (χ1n) is 9.07. The quantitative estimate of drug-likeness (QED) is 0.358. The minimum Gasteiger partial charge on any atom is -0.285 e. The maximum absolute atomic E-state index is 11.6. The molecule has 132 valence electrons. The van der Waals surface area contributed by atoms with Crippen molar-refractivity contribution in [2.24, 2.45) is 0 Å². The third-order valence-corrected chi connectivity index (χ3v) is 5.58. The van der Waals surface area contributed by atoms with Gasteiger partial charge < -0.3 is 0 Å². The number of hydrogen-bond donors (Lipinski definition) is 1. The van der Waals surface area contributed by atoms with Gasteiger partial charge in [-0.3, -0.25) is 4.55 Å². The zero-order chi connectivity index (χ0) is 17.0. The van der Waals surface area contributed by atoms with Crippen molar-refractivity contribution in [3.8, 4) is 0 Å². The fraction of sp³-hybridized carbons (Fsp3) is 0.684. The van der Waals surface area contributed by atoms with Crippen LogP contribution in [0.15, 0.2) is 30.3 Å². The van der Waals surface area contributed by atoms with Crippen LogP contribution in [-0.2, 0) is 10.1 Å². The lowest BCUT2D eigenvalue weighted by Crippen LogP contribution is -2.12. The number of benzene rings is 1. The van der Waals surface area contributed by atoms with E-state index in [9.17, 15) is 13.0 Å². The summed E-state index contributed by atoms with van der Waals surface area (Å²) in [6.07, 6.45) is 12.7. The Hall–Kier alpha value is -0.870. The second-order valence-corrected chi connectivity index (χ2v) is 7.98. The molecule has 1 rings (SSSR count). The Morgan fingerprint density at radius 3 is 1.78 bits per heavy atom. The van der Waals surface area contributed by atoms with E-state index in [1.807, 2.05) is 18.2 Å². The van der Waals surface area contributed by atoms with E-state index in [1.54, 1.807) is 12.1 Å². The lowest BCUT2D eigenvalue weighted by atomic mass is 10.0. The predicted molar refractivity (Wildman–Crippen MR) is 97.2 cm³/mol. The van der Waals surface area contributed by atoms with E-state index in [4.69, 9.17) is 0 Å². The molecule has 0 fully saturated rings. The predicted octanol–water partition coefficient (Wildman–Crippen LogP) is 5.93. The van der Waals surface area contributed by atoms with Crippen LogP contribution in [0.25, 0.3) is 0 Å². The van der Waals surface area contributed by atoms with Crippen LogP contribution in [0.5, 0.6) is 0 Å². The van der Waals surface area contributed by atoms with Gasteiger partial charge >= 0.3 is 0 Å². The molecular formula is C19H32O3S. The van der Waals surface area contributed by atoms with Gasteiger partial charge in [0.1, 0.15) is 5.25 Å². The van der Waals surface area contributed by atoms with Gasteiger partial charge in [0.2, 0.25) is 0 Å². The van der Waals surface area contributed by atoms with Crippen molar-refractivity contribution < 1.29 is 13.0 Å². The van der Waals surface area contributed by atoms with Crippen LogP contribution in [-0.4, -0.2) is 13.0 Å². The molecule has 1 aromatic rings. The molecule has 4 heteroatoms. The third kappa shape index (κ3) is 9.11. The molecule has 0 aliphatic rings. The molecule has 0 radical (unpaired) electrons. The highest BCUT2D eigenvalue weighted by Crippen LogP contribution is 2.27. The molecule has 0 saturated heterocycles. The monoisotopic (exact) mass is 340 g/mol. The molecule has 0 spiro atoms. The van der Waals surface area contributed by atoms with Crippen molar-refractivity contribution in [1.82, 2.24) is 0 Å². The maximum Gasteiger partial charge on any atom is 0.271 e. The zero-order valence-corrected chi connectivity index (χ0v) is 15.2. The normalized spacial score (nSPS) is 13.1. The van der Waals surface area contributed by atoms with Gasteiger partial charge in [0.05, 0.1) is 0 Å². The first-order valence-corrected chi connectivity index (χ1v) is 10.6. The molecule has 0 aromatic heterocycles. The van der Waals surface area contributed by atoms with E-state index in [1.165, 1.54) is 44.9 Å². The zero-order valence-electron chi connectivity index (χ0n) is 14.4. The first kappa shape index (κ1) is 20.2. The van der Waals surface area contributed by atoms with Crippen molar-refractivity contribution in [3.63, 3.8) is 0 Å². The van der Waals surface area contributed by atoms with E-state index < -0.39 is 15.4 Å². The Bertz CT molecular complexity index is 497. The van der Waals surface area contributed by atoms with E-state index in [2.05, 4.69) is 6.92 Å². The van der Waals surface area contributed by atoms with Crippen LogP contribution in [0, 0.1) is 0 Å². The minimum absolute atomic E-state index is 0.499. The average molecular weight is 341 g/mol. The standard InChI is InChI=1S/C19H32O3S/c1-2-3-4-5-6-7-8-9-10-14-17-19(23(20,21)22)18-15-12-11-13-16-18/h11-13,15-16,19H,2-10,14,17H2,1H3,(H,20,21,22). The molecule has 1 aromatic carbocycles. The number of rotatable bonds is 13. The Labute approximate surface area is 142 Å². The molecule has 1 unspecified atom stereocenters. The molecule has 3 nitrogen and oxygen atoms in total. The summed E-state index contributed by atoms with van der Waals surface area (Å²) >= 11 is 0. The van der Waals surface area contributed by atoms with E-state index >= 15 is 0 Å². The summed E-state index contributed by atoms with van der Waals surface area (Å²) in [5.74, 6) is 0. The Kier molecular flexibility index (Phi) is 10.2. The highest BCUT2D eigenvalue weighted by atomic mass is 32.2. The smallest absolute Gasteiger partial charge is 0.271 e. The Morgan fingerprint density at radius 1 is 0.826 bits per heavy atom. The minimum atomic E-state index is -4.03. The molecule has 0 bridgehead atoms. The average Bonchev–Trinajstić information content (AvgIpc) is 2.52. The van der Waals surface area contributed by atoms with Gasteiger partial charge in [-0.1, -0.05) is 101 Å². The van der Waals surface area contributed by atoms with E-state index in [0.29, 0.717) is 12.0 Å². The van der Waals surface area contributed by atoms with Gasteiger partial charge in [0, 0.05) is 0 Å². The van der Waals surface area contributed by atoms with Gasteiger partial charge in [-0.2, -0.15) is 8.42 Å². The van der Waals surface area contributed by atoms with Gasteiger partial charge in [-0.05, 0) is 12.0 Å². The van der Waals surface area contributed by atoms with Crippen LogP contribution >= 0.6 is 0 Å². The van der Waals surface area contributed by atoms with Gasteiger partial charge in [-0.15, -0.1) is 0 Å². The molecule has 23 heavy (non-hydrogen) atoms. The van der Waals surface area contributed by atoms with Crippen LogP contribution in [0.2, 0.25) is 0 Å².